The minimum Gasteiger partial charge on any atom is -0.505 e. The fourth-order valence-corrected chi connectivity index (χ4v) is 1.81. The first-order valence-electron chi connectivity index (χ1n) is 6.28. The van der Waals surface area contributed by atoms with Crippen LogP contribution in [0.4, 0.5) is 11.4 Å². The SMILES string of the molecule is COc1ccc(OC)c(C=Nc2ccc([N+](=O)[O-])cc2O)c1. The van der Waals surface area contributed by atoms with Crippen molar-refractivity contribution in [2.75, 3.05) is 14.2 Å². The maximum Gasteiger partial charge on any atom is 0.273 e. The lowest BCUT2D eigenvalue weighted by Gasteiger charge is -2.06. The number of aromatic hydroxyl groups is 1. The number of nitrogens with zero attached hydrogens (tertiary/aromatic N) is 2. The van der Waals surface area contributed by atoms with Crippen molar-refractivity contribution in [3.63, 3.8) is 0 Å². The predicted molar refractivity (Wildman–Crippen MR) is 81.6 cm³/mol. The molecule has 0 spiro atoms. The normalized spacial score (nSPS) is 10.6. The van der Waals surface area contributed by atoms with Gasteiger partial charge in [-0.15, -0.1) is 0 Å². The molecule has 0 saturated heterocycles. The third-order valence-electron chi connectivity index (χ3n) is 2.95. The van der Waals surface area contributed by atoms with E-state index in [0.29, 0.717) is 17.1 Å². The number of aliphatic imine (C=N–C) groups is 1. The standard InChI is InChI=1S/C15H14N2O5/c1-21-12-4-6-15(22-2)10(7-12)9-16-13-5-3-11(17(19)20)8-14(13)18/h3-9,18H,1-2H3. The fourth-order valence-electron chi connectivity index (χ4n) is 1.81. The summed E-state index contributed by atoms with van der Waals surface area (Å²) in [5, 5.41) is 20.4. The Bertz CT molecular complexity index is 728. The molecule has 2 aromatic carbocycles. The molecular weight excluding hydrogens is 288 g/mol. The lowest BCUT2D eigenvalue weighted by molar-refractivity contribution is -0.384. The number of benzene rings is 2. The van der Waals surface area contributed by atoms with Crippen molar-refractivity contribution in [2.45, 2.75) is 0 Å². The molecule has 0 bridgehead atoms. The van der Waals surface area contributed by atoms with E-state index < -0.39 is 4.92 Å². The van der Waals surface area contributed by atoms with Crippen LogP contribution in [0, 0.1) is 10.1 Å². The van der Waals surface area contributed by atoms with Crippen molar-refractivity contribution < 1.29 is 19.5 Å². The van der Waals surface area contributed by atoms with E-state index in [-0.39, 0.29) is 17.1 Å². The van der Waals surface area contributed by atoms with E-state index in [0.717, 1.165) is 6.07 Å². The van der Waals surface area contributed by atoms with Crippen molar-refractivity contribution in [3.8, 4) is 17.2 Å². The molecule has 22 heavy (non-hydrogen) atoms. The Kier molecular flexibility index (Phi) is 4.57. The molecule has 0 amide bonds. The highest BCUT2D eigenvalue weighted by molar-refractivity contribution is 5.86. The minimum atomic E-state index is -0.585. The number of nitro benzene ring substituents is 1. The number of rotatable bonds is 5. The van der Waals surface area contributed by atoms with E-state index in [1.807, 2.05) is 0 Å². The number of hydrogen-bond acceptors (Lipinski definition) is 6. The lowest BCUT2D eigenvalue weighted by atomic mass is 10.2. The van der Waals surface area contributed by atoms with Crippen LogP contribution in [0.25, 0.3) is 0 Å². The molecule has 0 aliphatic heterocycles. The molecule has 2 aromatic rings. The molecule has 0 heterocycles. The molecule has 0 saturated carbocycles. The second-order valence-electron chi connectivity index (χ2n) is 4.30. The van der Waals surface area contributed by atoms with E-state index in [9.17, 15) is 15.2 Å². The predicted octanol–water partition coefficient (Wildman–Crippen LogP) is 3.07. The van der Waals surface area contributed by atoms with E-state index in [1.165, 1.54) is 25.5 Å². The molecule has 1 N–H and O–H groups in total. The van der Waals surface area contributed by atoms with Gasteiger partial charge in [0.15, 0.2) is 0 Å². The maximum absolute atomic E-state index is 10.6. The third kappa shape index (κ3) is 3.32. The van der Waals surface area contributed by atoms with Gasteiger partial charge in [-0.1, -0.05) is 0 Å². The highest BCUT2D eigenvalue weighted by Crippen LogP contribution is 2.31. The van der Waals surface area contributed by atoms with Gasteiger partial charge in [-0.3, -0.25) is 15.1 Å². The van der Waals surface area contributed by atoms with Crippen LogP contribution in [0.15, 0.2) is 41.4 Å². The monoisotopic (exact) mass is 302 g/mol. The molecule has 0 unspecified atom stereocenters. The number of hydrogen-bond donors (Lipinski definition) is 1. The third-order valence-corrected chi connectivity index (χ3v) is 2.95. The summed E-state index contributed by atoms with van der Waals surface area (Å²) in [4.78, 5) is 14.2. The van der Waals surface area contributed by atoms with Crippen molar-refractivity contribution in [2.24, 2.45) is 4.99 Å². The molecule has 0 aromatic heterocycles. The number of methoxy groups -OCH3 is 2. The Balaban J connectivity index is 2.34. The molecule has 0 aliphatic carbocycles. The van der Waals surface area contributed by atoms with Crippen LogP contribution in [-0.2, 0) is 0 Å². The molecule has 114 valence electrons. The second-order valence-corrected chi connectivity index (χ2v) is 4.30. The molecule has 7 heteroatoms. The first-order valence-corrected chi connectivity index (χ1v) is 6.28. The van der Waals surface area contributed by atoms with Gasteiger partial charge < -0.3 is 14.6 Å². The van der Waals surface area contributed by atoms with Crippen molar-refractivity contribution in [3.05, 3.63) is 52.1 Å². The van der Waals surface area contributed by atoms with Gasteiger partial charge in [0, 0.05) is 17.8 Å². The summed E-state index contributed by atoms with van der Waals surface area (Å²) in [6.45, 7) is 0. The Labute approximate surface area is 126 Å². The topological polar surface area (TPSA) is 94.2 Å². The Morgan fingerprint density at radius 1 is 1.18 bits per heavy atom. The highest BCUT2D eigenvalue weighted by Gasteiger charge is 2.09. The number of phenols is 1. The number of ether oxygens (including phenoxy) is 2. The molecule has 0 atom stereocenters. The summed E-state index contributed by atoms with van der Waals surface area (Å²) in [6.07, 6.45) is 1.49. The van der Waals surface area contributed by atoms with Gasteiger partial charge in [-0.05, 0) is 24.3 Å². The van der Waals surface area contributed by atoms with Gasteiger partial charge >= 0.3 is 0 Å². The summed E-state index contributed by atoms with van der Waals surface area (Å²) in [5.41, 5.74) is 0.672. The minimum absolute atomic E-state index is 0.199. The molecule has 0 fully saturated rings. The van der Waals surface area contributed by atoms with Crippen molar-refractivity contribution in [1.82, 2.24) is 0 Å². The summed E-state index contributed by atoms with van der Waals surface area (Å²) in [6, 6.07) is 8.90. The van der Waals surface area contributed by atoms with Crippen LogP contribution < -0.4 is 9.47 Å². The zero-order valence-electron chi connectivity index (χ0n) is 12.0. The molecular formula is C15H14N2O5. The summed E-state index contributed by atoms with van der Waals surface area (Å²) >= 11 is 0. The maximum atomic E-state index is 10.6. The highest BCUT2D eigenvalue weighted by atomic mass is 16.6. The second kappa shape index (κ2) is 6.57. The Morgan fingerprint density at radius 2 is 1.95 bits per heavy atom. The quantitative estimate of drug-likeness (QED) is 0.520. The van der Waals surface area contributed by atoms with Crippen molar-refractivity contribution >= 4 is 17.6 Å². The zero-order valence-corrected chi connectivity index (χ0v) is 12.0. The van der Waals surface area contributed by atoms with E-state index >= 15 is 0 Å². The van der Waals surface area contributed by atoms with Crippen LogP contribution in [0.3, 0.4) is 0 Å². The first-order chi connectivity index (χ1) is 10.5. The average Bonchev–Trinajstić information content (AvgIpc) is 2.53. The summed E-state index contributed by atoms with van der Waals surface area (Å²) in [5.74, 6) is 0.952. The molecule has 2 rings (SSSR count). The smallest absolute Gasteiger partial charge is 0.273 e. The van der Waals surface area contributed by atoms with Crippen LogP contribution >= 0.6 is 0 Å². The van der Waals surface area contributed by atoms with Gasteiger partial charge in [0.1, 0.15) is 22.9 Å². The number of non-ortho nitro benzene ring substituents is 1. The van der Waals surface area contributed by atoms with E-state index in [1.54, 1.807) is 25.3 Å². The Hall–Kier alpha value is -3.09. The van der Waals surface area contributed by atoms with Crippen LogP contribution in [0.5, 0.6) is 17.2 Å². The lowest BCUT2D eigenvalue weighted by Crippen LogP contribution is -1.92. The molecule has 0 aliphatic rings. The van der Waals surface area contributed by atoms with E-state index in [2.05, 4.69) is 4.99 Å². The fraction of sp³-hybridized carbons (Fsp3) is 0.133. The number of nitro groups is 1. The van der Waals surface area contributed by atoms with Gasteiger partial charge in [0.05, 0.1) is 25.2 Å². The van der Waals surface area contributed by atoms with Gasteiger partial charge in [-0.25, -0.2) is 0 Å². The summed E-state index contributed by atoms with van der Waals surface area (Å²) in [7, 11) is 3.08. The largest absolute Gasteiger partial charge is 0.505 e. The van der Waals surface area contributed by atoms with Crippen LogP contribution in [-0.4, -0.2) is 30.5 Å². The van der Waals surface area contributed by atoms with Gasteiger partial charge in [0.2, 0.25) is 0 Å². The van der Waals surface area contributed by atoms with E-state index in [4.69, 9.17) is 9.47 Å². The zero-order chi connectivity index (χ0) is 16.1. The number of phenolic OH excluding ortho intramolecular Hbond substituents is 1. The van der Waals surface area contributed by atoms with Gasteiger partial charge in [-0.2, -0.15) is 0 Å². The molecule has 7 nitrogen and oxygen atoms in total. The van der Waals surface area contributed by atoms with Crippen LogP contribution in [0.2, 0.25) is 0 Å². The van der Waals surface area contributed by atoms with Crippen LogP contribution in [0.1, 0.15) is 5.56 Å². The average molecular weight is 302 g/mol. The molecule has 0 radical (unpaired) electrons. The van der Waals surface area contributed by atoms with Crippen molar-refractivity contribution in [1.29, 1.82) is 0 Å². The first kappa shape index (κ1) is 15.3. The van der Waals surface area contributed by atoms with Gasteiger partial charge in [0.25, 0.3) is 5.69 Å². The summed E-state index contributed by atoms with van der Waals surface area (Å²) < 4.78 is 10.3. The Morgan fingerprint density at radius 3 is 2.55 bits per heavy atom.